The van der Waals surface area contributed by atoms with Crippen molar-refractivity contribution in [3.63, 3.8) is 0 Å². The maximum atomic E-state index is 12.3. The largest absolute Gasteiger partial charge is 0.352 e. The second-order valence-corrected chi connectivity index (χ2v) is 7.47. The predicted octanol–water partition coefficient (Wildman–Crippen LogP) is 2.00. The average Bonchev–Trinajstić information content (AvgIpc) is 3.02. The quantitative estimate of drug-likeness (QED) is 0.779. The molecule has 3 rings (SSSR count). The maximum Gasteiger partial charge on any atom is 0.324 e. The number of hydrogen-bond acceptors (Lipinski definition) is 4. The van der Waals surface area contributed by atoms with Crippen molar-refractivity contribution >= 4 is 45.5 Å². The lowest BCUT2D eigenvalue weighted by Gasteiger charge is -2.32. The Morgan fingerprint density at radius 1 is 1.29 bits per heavy atom. The number of carbonyl (C=O) groups excluding carboxylic acids is 3. The molecule has 0 bridgehead atoms. The van der Waals surface area contributed by atoms with Crippen molar-refractivity contribution in [3.8, 4) is 0 Å². The van der Waals surface area contributed by atoms with Gasteiger partial charge >= 0.3 is 6.03 Å². The fourth-order valence-electron chi connectivity index (χ4n) is 2.53. The van der Waals surface area contributed by atoms with E-state index in [9.17, 15) is 14.4 Å². The van der Waals surface area contributed by atoms with Gasteiger partial charge in [0.15, 0.2) is 0 Å². The number of hydrogen-bond donors (Lipinski definition) is 2. The molecule has 2 heterocycles. The first kappa shape index (κ1) is 17.0. The molecule has 24 heavy (non-hydrogen) atoms. The molecule has 1 aromatic rings. The van der Waals surface area contributed by atoms with Gasteiger partial charge in [0.1, 0.15) is 5.25 Å². The summed E-state index contributed by atoms with van der Waals surface area (Å²) < 4.78 is 0.977. The van der Waals surface area contributed by atoms with Crippen molar-refractivity contribution in [1.29, 1.82) is 0 Å². The molecule has 1 aromatic carbocycles. The molecule has 126 valence electrons. The van der Waals surface area contributed by atoms with Crippen molar-refractivity contribution in [2.24, 2.45) is 0 Å². The van der Waals surface area contributed by atoms with Gasteiger partial charge in [0.25, 0.3) is 0 Å². The lowest BCUT2D eigenvalue weighted by atomic mass is 10.1. The molecule has 0 aromatic heterocycles. The molecule has 2 aliphatic rings. The average molecular weight is 410 g/mol. The molecule has 0 aliphatic carbocycles. The number of nitrogens with zero attached hydrogens (tertiary/aromatic N) is 1. The van der Waals surface area contributed by atoms with E-state index in [-0.39, 0.29) is 36.1 Å². The van der Waals surface area contributed by atoms with Gasteiger partial charge < -0.3 is 10.6 Å². The first-order valence-corrected chi connectivity index (χ1v) is 9.23. The smallest absolute Gasteiger partial charge is 0.324 e. The van der Waals surface area contributed by atoms with E-state index < -0.39 is 6.03 Å². The van der Waals surface area contributed by atoms with Gasteiger partial charge in [-0.2, -0.15) is 0 Å². The van der Waals surface area contributed by atoms with E-state index in [0.717, 1.165) is 14.9 Å². The summed E-state index contributed by atoms with van der Waals surface area (Å²) in [6.45, 7) is 0.497. The third kappa shape index (κ3) is 3.81. The van der Waals surface area contributed by atoms with E-state index in [2.05, 4.69) is 26.6 Å². The number of halogens is 1. The van der Waals surface area contributed by atoms with Crippen LogP contribution in [0.25, 0.3) is 0 Å². The first-order chi connectivity index (χ1) is 11.5. The van der Waals surface area contributed by atoms with E-state index in [1.807, 2.05) is 35.7 Å². The van der Waals surface area contributed by atoms with Crippen LogP contribution in [0.5, 0.6) is 0 Å². The Hall–Kier alpha value is -1.80. The highest BCUT2D eigenvalue weighted by molar-refractivity contribution is 9.10. The van der Waals surface area contributed by atoms with Gasteiger partial charge in [0.2, 0.25) is 11.8 Å². The number of imide groups is 1. The van der Waals surface area contributed by atoms with Crippen LogP contribution in [0.4, 0.5) is 4.79 Å². The number of urea groups is 1. The summed E-state index contributed by atoms with van der Waals surface area (Å²) >= 11 is 4.75. The molecular formula is C16H16BrN3O3S. The van der Waals surface area contributed by atoms with Crippen molar-refractivity contribution in [2.75, 3.05) is 6.54 Å². The summed E-state index contributed by atoms with van der Waals surface area (Å²) in [4.78, 5) is 37.4. The van der Waals surface area contributed by atoms with Crippen LogP contribution < -0.4 is 10.6 Å². The van der Waals surface area contributed by atoms with Gasteiger partial charge in [0, 0.05) is 24.0 Å². The van der Waals surface area contributed by atoms with Gasteiger partial charge in [-0.05, 0) is 23.1 Å². The van der Waals surface area contributed by atoms with Gasteiger partial charge in [0.05, 0.1) is 6.04 Å². The Kier molecular flexibility index (Phi) is 5.25. The topological polar surface area (TPSA) is 78.5 Å². The fraction of sp³-hybridized carbons (Fsp3) is 0.312. The predicted molar refractivity (Wildman–Crippen MR) is 95.2 cm³/mol. The monoisotopic (exact) mass is 409 g/mol. The molecule has 4 amide bonds. The molecule has 6 nitrogen and oxygen atoms in total. The molecule has 2 atom stereocenters. The number of benzene rings is 1. The molecule has 0 spiro atoms. The Bertz CT molecular complexity index is 692. The highest BCUT2D eigenvalue weighted by atomic mass is 79.9. The highest BCUT2D eigenvalue weighted by Crippen LogP contribution is 2.29. The van der Waals surface area contributed by atoms with Gasteiger partial charge in [-0.15, -0.1) is 11.8 Å². The van der Waals surface area contributed by atoms with Crippen LogP contribution in [0.2, 0.25) is 0 Å². The number of rotatable bonds is 5. The summed E-state index contributed by atoms with van der Waals surface area (Å²) in [5.41, 5.74) is 0.981. The summed E-state index contributed by atoms with van der Waals surface area (Å²) in [5, 5.41) is 7.07. The SMILES string of the molecule is O=C(CCN1C(=O)NC2C=CSC2C1=O)NCc1ccc(Br)cc1. The molecular weight excluding hydrogens is 394 g/mol. The highest BCUT2D eigenvalue weighted by Gasteiger charge is 2.41. The Morgan fingerprint density at radius 3 is 2.79 bits per heavy atom. The Balaban J connectivity index is 1.48. The van der Waals surface area contributed by atoms with E-state index in [1.54, 1.807) is 0 Å². The van der Waals surface area contributed by atoms with Crippen LogP contribution >= 0.6 is 27.7 Å². The second kappa shape index (κ2) is 7.40. The van der Waals surface area contributed by atoms with Crippen LogP contribution in [0.1, 0.15) is 12.0 Å². The molecule has 2 N–H and O–H groups in total. The fourth-order valence-corrected chi connectivity index (χ4v) is 3.79. The van der Waals surface area contributed by atoms with E-state index >= 15 is 0 Å². The summed E-state index contributed by atoms with van der Waals surface area (Å²) in [7, 11) is 0. The van der Waals surface area contributed by atoms with Crippen LogP contribution in [-0.4, -0.2) is 40.6 Å². The third-order valence-electron chi connectivity index (χ3n) is 3.85. The van der Waals surface area contributed by atoms with Crippen molar-refractivity contribution < 1.29 is 14.4 Å². The number of nitrogens with one attached hydrogen (secondary N) is 2. The van der Waals surface area contributed by atoms with E-state index in [4.69, 9.17) is 0 Å². The minimum atomic E-state index is -0.436. The minimum Gasteiger partial charge on any atom is -0.352 e. The normalized spacial score (nSPS) is 22.3. The number of carbonyl (C=O) groups is 3. The minimum absolute atomic E-state index is 0.0839. The summed E-state index contributed by atoms with van der Waals surface area (Å²) in [6, 6.07) is 6.96. The van der Waals surface area contributed by atoms with Gasteiger partial charge in [-0.1, -0.05) is 34.1 Å². The van der Waals surface area contributed by atoms with E-state index in [1.165, 1.54) is 11.8 Å². The summed E-state index contributed by atoms with van der Waals surface area (Å²) in [5.74, 6) is -0.433. The van der Waals surface area contributed by atoms with Gasteiger partial charge in [-0.25, -0.2) is 4.79 Å². The lowest BCUT2D eigenvalue weighted by molar-refractivity contribution is -0.129. The Morgan fingerprint density at radius 2 is 2.04 bits per heavy atom. The molecule has 1 fully saturated rings. The van der Waals surface area contributed by atoms with Crippen molar-refractivity contribution in [1.82, 2.24) is 15.5 Å². The standard InChI is InChI=1S/C16H16BrN3O3S/c17-11-3-1-10(2-4-11)9-18-13(21)5-7-20-15(22)14-12(6-8-24-14)19-16(20)23/h1-4,6,8,12,14H,5,7,9H2,(H,18,21)(H,19,23). The Labute approximate surface area is 152 Å². The second-order valence-electron chi connectivity index (χ2n) is 5.50. The van der Waals surface area contributed by atoms with Crippen molar-refractivity contribution in [3.05, 3.63) is 45.8 Å². The zero-order valence-corrected chi connectivity index (χ0v) is 15.1. The zero-order valence-electron chi connectivity index (χ0n) is 12.7. The molecule has 2 aliphatic heterocycles. The molecule has 1 saturated heterocycles. The van der Waals surface area contributed by atoms with E-state index in [0.29, 0.717) is 6.54 Å². The zero-order chi connectivity index (χ0) is 17.1. The summed E-state index contributed by atoms with van der Waals surface area (Å²) in [6.07, 6.45) is 1.90. The molecule has 0 saturated carbocycles. The molecule has 0 radical (unpaired) electrons. The molecule has 8 heteroatoms. The van der Waals surface area contributed by atoms with Crippen LogP contribution in [0.3, 0.4) is 0 Å². The maximum absolute atomic E-state index is 12.3. The van der Waals surface area contributed by atoms with Crippen LogP contribution in [0, 0.1) is 0 Å². The van der Waals surface area contributed by atoms with Crippen LogP contribution in [-0.2, 0) is 16.1 Å². The van der Waals surface area contributed by atoms with Crippen LogP contribution in [0.15, 0.2) is 40.2 Å². The van der Waals surface area contributed by atoms with Gasteiger partial charge in [-0.3, -0.25) is 14.5 Å². The number of fused-ring (bicyclic) bond motifs is 1. The number of thioether (sulfide) groups is 1. The van der Waals surface area contributed by atoms with Crippen molar-refractivity contribution in [2.45, 2.75) is 24.3 Å². The molecule has 2 unspecified atom stereocenters. The first-order valence-electron chi connectivity index (χ1n) is 7.50. The third-order valence-corrected chi connectivity index (χ3v) is 5.48. The lowest BCUT2D eigenvalue weighted by Crippen LogP contribution is -2.60. The number of amides is 4.